The first-order chi connectivity index (χ1) is 9.06. The van der Waals surface area contributed by atoms with Crippen molar-refractivity contribution < 1.29 is 14.3 Å². The van der Waals surface area contributed by atoms with Gasteiger partial charge >= 0.3 is 5.97 Å². The van der Waals surface area contributed by atoms with E-state index in [1.54, 1.807) is 0 Å². The summed E-state index contributed by atoms with van der Waals surface area (Å²) in [7, 11) is 1.36. The predicted octanol–water partition coefficient (Wildman–Crippen LogP) is 1.93. The topological polar surface area (TPSA) is 85.4 Å². The highest BCUT2D eigenvalue weighted by Crippen LogP contribution is 2.25. The quantitative estimate of drug-likeness (QED) is 0.473. The van der Waals surface area contributed by atoms with Crippen LogP contribution in [0.2, 0.25) is 0 Å². The highest BCUT2D eigenvalue weighted by Gasteiger charge is 2.09. The summed E-state index contributed by atoms with van der Waals surface area (Å²) >= 11 is 1.22. The van der Waals surface area contributed by atoms with Crippen molar-refractivity contribution in [1.82, 2.24) is 0 Å². The lowest BCUT2D eigenvalue weighted by Gasteiger charge is -2.11. The molecule has 0 fully saturated rings. The third-order valence-corrected chi connectivity index (χ3v) is 3.15. The minimum atomic E-state index is -0.283. The second kappa shape index (κ2) is 7.68. The van der Waals surface area contributed by atoms with Crippen molar-refractivity contribution in [1.29, 1.82) is 5.41 Å². The maximum Gasteiger partial charge on any atom is 0.309 e. The molecule has 0 heterocycles. The molecule has 0 bridgehead atoms. The molecule has 5 nitrogen and oxygen atoms in total. The molecule has 0 saturated carbocycles. The first-order valence-corrected chi connectivity index (χ1v) is 6.83. The Labute approximate surface area is 117 Å². The lowest BCUT2D eigenvalue weighted by molar-refractivity contribution is -0.139. The van der Waals surface area contributed by atoms with E-state index in [4.69, 9.17) is 15.9 Å². The van der Waals surface area contributed by atoms with Gasteiger partial charge in [0.1, 0.15) is 5.75 Å². The Balaban J connectivity index is 2.89. The average molecular weight is 282 g/mol. The molecule has 104 valence electrons. The lowest BCUT2D eigenvalue weighted by atomic mass is 10.1. The molecule has 19 heavy (non-hydrogen) atoms. The normalized spacial score (nSPS) is 10.0. The van der Waals surface area contributed by atoms with E-state index in [0.29, 0.717) is 12.4 Å². The van der Waals surface area contributed by atoms with Crippen molar-refractivity contribution in [2.45, 2.75) is 19.1 Å². The van der Waals surface area contributed by atoms with Gasteiger partial charge in [-0.25, -0.2) is 0 Å². The molecule has 0 aliphatic heterocycles. The Morgan fingerprint density at radius 3 is 2.79 bits per heavy atom. The minimum Gasteiger partial charge on any atom is -0.494 e. The molecule has 1 aromatic carbocycles. The molecule has 0 aliphatic carbocycles. The smallest absolute Gasteiger partial charge is 0.309 e. The summed E-state index contributed by atoms with van der Waals surface area (Å²) in [5.74, 6) is 1.01. The van der Waals surface area contributed by atoms with Gasteiger partial charge in [0.15, 0.2) is 5.17 Å². The number of nitrogens with one attached hydrogen (secondary N) is 1. The molecule has 0 spiro atoms. The second-order valence-corrected chi connectivity index (χ2v) is 4.80. The average Bonchev–Trinajstić information content (AvgIpc) is 2.38. The van der Waals surface area contributed by atoms with Gasteiger partial charge in [0, 0.05) is 11.3 Å². The number of methoxy groups -OCH3 is 1. The summed E-state index contributed by atoms with van der Waals surface area (Å²) in [6, 6.07) is 5.56. The highest BCUT2D eigenvalue weighted by atomic mass is 32.2. The fourth-order valence-electron chi connectivity index (χ4n) is 1.55. The maximum atomic E-state index is 11.3. The van der Waals surface area contributed by atoms with Gasteiger partial charge in [-0.15, -0.1) is 0 Å². The Bertz CT molecular complexity index is 463. The SMILES string of the molecule is CCOc1ccc(CC(=O)OC)cc1CSC(=N)N. The van der Waals surface area contributed by atoms with Gasteiger partial charge in [0.05, 0.1) is 20.1 Å². The summed E-state index contributed by atoms with van der Waals surface area (Å²) in [5, 5.41) is 7.29. The third-order valence-electron chi connectivity index (χ3n) is 2.38. The second-order valence-electron chi connectivity index (χ2n) is 3.78. The molecule has 0 atom stereocenters. The Morgan fingerprint density at radius 1 is 1.47 bits per heavy atom. The van der Waals surface area contributed by atoms with Crippen LogP contribution >= 0.6 is 11.8 Å². The van der Waals surface area contributed by atoms with Crippen molar-refractivity contribution in [2.24, 2.45) is 5.73 Å². The van der Waals surface area contributed by atoms with Crippen molar-refractivity contribution in [3.63, 3.8) is 0 Å². The molecule has 0 unspecified atom stereocenters. The van der Waals surface area contributed by atoms with Gasteiger partial charge in [-0.2, -0.15) is 0 Å². The third kappa shape index (κ3) is 5.21. The van der Waals surface area contributed by atoms with Crippen LogP contribution in [0.25, 0.3) is 0 Å². The summed E-state index contributed by atoms with van der Waals surface area (Å²) in [6.45, 7) is 2.47. The van der Waals surface area contributed by atoms with Gasteiger partial charge in [-0.1, -0.05) is 23.9 Å². The molecule has 0 aliphatic rings. The number of benzene rings is 1. The number of carbonyl (C=O) groups excluding carboxylic acids is 1. The van der Waals surface area contributed by atoms with Crippen LogP contribution in [0.1, 0.15) is 18.1 Å². The first kappa shape index (κ1) is 15.4. The number of amidine groups is 1. The van der Waals surface area contributed by atoms with Crippen LogP contribution in [0.3, 0.4) is 0 Å². The minimum absolute atomic E-state index is 0.0563. The fraction of sp³-hybridized carbons (Fsp3) is 0.385. The number of thioether (sulfide) groups is 1. The summed E-state index contributed by atoms with van der Waals surface area (Å²) in [6.07, 6.45) is 0.223. The number of hydrogen-bond acceptors (Lipinski definition) is 5. The van der Waals surface area contributed by atoms with Gasteiger partial charge < -0.3 is 15.2 Å². The van der Waals surface area contributed by atoms with Gasteiger partial charge in [-0.05, 0) is 18.6 Å². The zero-order chi connectivity index (χ0) is 14.3. The Morgan fingerprint density at radius 2 is 2.21 bits per heavy atom. The lowest BCUT2D eigenvalue weighted by Crippen LogP contribution is -2.07. The van der Waals surface area contributed by atoms with E-state index in [9.17, 15) is 4.79 Å². The standard InChI is InChI=1S/C13H18N2O3S/c1-3-18-11-5-4-9(7-12(16)17-2)6-10(11)8-19-13(14)15/h4-6H,3,7-8H2,1-2H3,(H3,14,15). The monoisotopic (exact) mass is 282 g/mol. The van der Waals surface area contributed by atoms with Crippen molar-refractivity contribution >= 4 is 22.9 Å². The molecule has 3 N–H and O–H groups in total. The summed E-state index contributed by atoms with van der Waals surface area (Å²) in [4.78, 5) is 11.3. The van der Waals surface area contributed by atoms with E-state index < -0.39 is 0 Å². The number of carbonyl (C=O) groups is 1. The fourth-order valence-corrected chi connectivity index (χ4v) is 2.08. The molecule has 6 heteroatoms. The molecule has 0 radical (unpaired) electrons. The van der Waals surface area contributed by atoms with Crippen LogP contribution in [0.5, 0.6) is 5.75 Å². The molecule has 0 aromatic heterocycles. The van der Waals surface area contributed by atoms with Crippen molar-refractivity contribution in [2.75, 3.05) is 13.7 Å². The number of esters is 1. The Kier molecular flexibility index (Phi) is 6.21. The van der Waals surface area contributed by atoms with Crippen LogP contribution in [0, 0.1) is 5.41 Å². The van der Waals surface area contributed by atoms with E-state index in [2.05, 4.69) is 4.74 Å². The van der Waals surface area contributed by atoms with Crippen molar-refractivity contribution in [3.05, 3.63) is 29.3 Å². The van der Waals surface area contributed by atoms with Gasteiger partial charge in [0.25, 0.3) is 0 Å². The van der Waals surface area contributed by atoms with E-state index in [-0.39, 0.29) is 17.6 Å². The van der Waals surface area contributed by atoms with E-state index >= 15 is 0 Å². The first-order valence-electron chi connectivity index (χ1n) is 5.85. The molecule has 1 aromatic rings. The maximum absolute atomic E-state index is 11.3. The molecule has 1 rings (SSSR count). The van der Waals surface area contributed by atoms with E-state index in [0.717, 1.165) is 16.9 Å². The van der Waals surface area contributed by atoms with Gasteiger partial charge in [-0.3, -0.25) is 10.2 Å². The van der Waals surface area contributed by atoms with Crippen LogP contribution in [-0.4, -0.2) is 24.9 Å². The number of hydrogen-bond donors (Lipinski definition) is 2. The molecular weight excluding hydrogens is 264 g/mol. The zero-order valence-corrected chi connectivity index (χ0v) is 11.9. The van der Waals surface area contributed by atoms with E-state index in [1.165, 1.54) is 18.9 Å². The highest BCUT2D eigenvalue weighted by molar-refractivity contribution is 8.13. The predicted molar refractivity (Wildman–Crippen MR) is 76.5 cm³/mol. The van der Waals surface area contributed by atoms with Crippen LogP contribution in [0.15, 0.2) is 18.2 Å². The molecule has 0 saturated heterocycles. The van der Waals surface area contributed by atoms with Crippen LogP contribution < -0.4 is 10.5 Å². The molecular formula is C13H18N2O3S. The Hall–Kier alpha value is -1.69. The summed E-state index contributed by atoms with van der Waals surface area (Å²) < 4.78 is 10.2. The van der Waals surface area contributed by atoms with Crippen molar-refractivity contribution in [3.8, 4) is 5.75 Å². The van der Waals surface area contributed by atoms with Crippen LogP contribution in [-0.2, 0) is 21.7 Å². The van der Waals surface area contributed by atoms with Crippen LogP contribution in [0.4, 0.5) is 0 Å². The molecule has 0 amide bonds. The van der Waals surface area contributed by atoms with E-state index in [1.807, 2.05) is 25.1 Å². The largest absolute Gasteiger partial charge is 0.494 e. The van der Waals surface area contributed by atoms with Gasteiger partial charge in [0.2, 0.25) is 0 Å². The summed E-state index contributed by atoms with van der Waals surface area (Å²) in [5.41, 5.74) is 7.11. The zero-order valence-electron chi connectivity index (χ0n) is 11.1. The number of ether oxygens (including phenoxy) is 2. The number of rotatable bonds is 6. The number of nitrogens with two attached hydrogens (primary N) is 1.